The number of carbonyl (C=O) groups is 1. The van der Waals surface area contributed by atoms with Crippen LogP contribution in [0.4, 0.5) is 0 Å². The quantitative estimate of drug-likeness (QED) is 0.819. The fourth-order valence-corrected chi connectivity index (χ4v) is 4.79. The normalized spacial score (nSPS) is 29.3. The minimum Gasteiger partial charge on any atom is -0.497 e. The maximum absolute atomic E-state index is 12.8. The third-order valence-electron chi connectivity index (χ3n) is 6.36. The molecule has 0 aliphatic heterocycles. The molecule has 0 radical (unpaired) electrons. The van der Waals surface area contributed by atoms with Crippen LogP contribution >= 0.6 is 0 Å². The van der Waals surface area contributed by atoms with E-state index in [2.05, 4.69) is 16.3 Å². The lowest BCUT2D eigenvalue weighted by Gasteiger charge is -2.43. The van der Waals surface area contributed by atoms with E-state index in [-0.39, 0.29) is 17.9 Å². The number of nitrogens with two attached hydrogens (primary N) is 1. The van der Waals surface area contributed by atoms with Crippen LogP contribution in [0.1, 0.15) is 43.7 Å². The van der Waals surface area contributed by atoms with E-state index in [1.807, 2.05) is 32.3 Å². The first-order valence-corrected chi connectivity index (χ1v) is 9.83. The number of rotatable bonds is 6. The molecule has 2 fully saturated rings. The van der Waals surface area contributed by atoms with Crippen molar-refractivity contribution in [3.63, 3.8) is 0 Å². The average molecular weight is 360 g/mol. The Balaban J connectivity index is 1.61. The molecular weight excluding hydrogens is 326 g/mol. The predicted molar refractivity (Wildman–Crippen MR) is 104 cm³/mol. The van der Waals surface area contributed by atoms with Gasteiger partial charge in [0.2, 0.25) is 5.91 Å². The molecular formula is C21H33N3O2. The Morgan fingerprint density at radius 2 is 2.00 bits per heavy atom. The third-order valence-corrected chi connectivity index (χ3v) is 6.36. The van der Waals surface area contributed by atoms with Crippen molar-refractivity contribution in [2.24, 2.45) is 23.5 Å². The van der Waals surface area contributed by atoms with Gasteiger partial charge in [-0.25, -0.2) is 0 Å². The highest BCUT2D eigenvalue weighted by molar-refractivity contribution is 5.78. The van der Waals surface area contributed by atoms with Crippen molar-refractivity contribution in [2.75, 3.05) is 27.7 Å². The molecule has 5 heteroatoms. The van der Waals surface area contributed by atoms with Gasteiger partial charge in [-0.15, -0.1) is 0 Å². The standard InChI is InChI=1S/C21H33N3O2/c1-24(2)19(14-6-5-9-18(12-14)26-3)13-23-21(25)17-10-15-7-4-8-16(11-17)20(15)22/h5-6,9,12,15-17,19-20H,4,7-8,10-11,13,22H2,1-3H3,(H,23,25). The third kappa shape index (κ3) is 4.21. The van der Waals surface area contributed by atoms with Crippen molar-refractivity contribution in [1.82, 2.24) is 10.2 Å². The van der Waals surface area contributed by atoms with Crippen LogP contribution in [0.3, 0.4) is 0 Å². The molecule has 3 atom stereocenters. The lowest BCUT2D eigenvalue weighted by Crippen LogP contribution is -2.49. The molecule has 144 valence electrons. The molecule has 0 heterocycles. The Morgan fingerprint density at radius 1 is 1.31 bits per heavy atom. The lowest BCUT2D eigenvalue weighted by atomic mass is 9.65. The van der Waals surface area contributed by atoms with Gasteiger partial charge < -0.3 is 20.7 Å². The topological polar surface area (TPSA) is 67.6 Å². The molecule has 26 heavy (non-hydrogen) atoms. The van der Waals surface area contributed by atoms with Crippen LogP contribution < -0.4 is 15.8 Å². The fourth-order valence-electron chi connectivity index (χ4n) is 4.79. The monoisotopic (exact) mass is 359 g/mol. The highest BCUT2D eigenvalue weighted by Gasteiger charge is 2.40. The van der Waals surface area contributed by atoms with Crippen LogP contribution in [0.5, 0.6) is 5.75 Å². The Hall–Kier alpha value is -1.59. The summed E-state index contributed by atoms with van der Waals surface area (Å²) in [4.78, 5) is 15.0. The molecule has 2 saturated carbocycles. The maximum Gasteiger partial charge on any atom is 0.223 e. The summed E-state index contributed by atoms with van der Waals surface area (Å²) in [5.41, 5.74) is 7.51. The molecule has 1 amide bonds. The number of benzene rings is 1. The predicted octanol–water partition coefficient (Wildman–Crippen LogP) is 2.57. The summed E-state index contributed by atoms with van der Waals surface area (Å²) < 4.78 is 5.34. The van der Waals surface area contributed by atoms with Gasteiger partial charge >= 0.3 is 0 Å². The van der Waals surface area contributed by atoms with E-state index in [0.29, 0.717) is 24.4 Å². The van der Waals surface area contributed by atoms with E-state index in [0.717, 1.165) is 24.2 Å². The molecule has 2 aliphatic carbocycles. The second-order valence-corrected chi connectivity index (χ2v) is 8.20. The van der Waals surface area contributed by atoms with Gasteiger partial charge in [0.25, 0.3) is 0 Å². The highest BCUT2D eigenvalue weighted by atomic mass is 16.5. The van der Waals surface area contributed by atoms with Gasteiger partial charge in [0, 0.05) is 18.5 Å². The Bertz CT molecular complexity index is 605. The van der Waals surface area contributed by atoms with Crippen LogP contribution in [-0.4, -0.2) is 44.6 Å². The molecule has 0 aromatic heterocycles. The molecule has 1 aromatic rings. The van der Waals surface area contributed by atoms with Crippen molar-refractivity contribution in [3.05, 3.63) is 29.8 Å². The van der Waals surface area contributed by atoms with E-state index < -0.39 is 0 Å². The van der Waals surface area contributed by atoms with Crippen LogP contribution in [0.2, 0.25) is 0 Å². The van der Waals surface area contributed by atoms with Gasteiger partial charge in [-0.2, -0.15) is 0 Å². The van der Waals surface area contributed by atoms with Gasteiger partial charge in [-0.1, -0.05) is 18.6 Å². The number of nitrogens with zero attached hydrogens (tertiary/aromatic N) is 1. The molecule has 3 N–H and O–H groups in total. The number of amides is 1. The van der Waals surface area contributed by atoms with E-state index in [1.165, 1.54) is 19.3 Å². The summed E-state index contributed by atoms with van der Waals surface area (Å²) >= 11 is 0. The zero-order chi connectivity index (χ0) is 18.7. The van der Waals surface area contributed by atoms with E-state index in [4.69, 9.17) is 10.5 Å². The van der Waals surface area contributed by atoms with Gasteiger partial charge in [-0.05, 0) is 69.3 Å². The second-order valence-electron chi connectivity index (χ2n) is 8.20. The first-order chi connectivity index (χ1) is 12.5. The summed E-state index contributed by atoms with van der Waals surface area (Å²) in [6, 6.07) is 8.50. The Morgan fingerprint density at radius 3 is 2.62 bits per heavy atom. The lowest BCUT2D eigenvalue weighted by molar-refractivity contribution is -0.128. The first kappa shape index (κ1) is 19.2. The number of ether oxygens (including phenoxy) is 1. The Kier molecular flexibility index (Phi) is 6.20. The highest BCUT2D eigenvalue weighted by Crippen LogP contribution is 2.41. The minimum atomic E-state index is 0.123. The number of hydrogen-bond donors (Lipinski definition) is 2. The van der Waals surface area contributed by atoms with E-state index in [9.17, 15) is 4.79 Å². The molecule has 0 spiro atoms. The number of nitrogens with one attached hydrogen (secondary N) is 1. The van der Waals surface area contributed by atoms with Crippen molar-refractivity contribution >= 4 is 5.91 Å². The number of likely N-dealkylation sites (N-methyl/N-ethyl adjacent to an activating group) is 1. The van der Waals surface area contributed by atoms with Gasteiger partial charge in [0.1, 0.15) is 5.75 Å². The van der Waals surface area contributed by atoms with Gasteiger partial charge in [0.15, 0.2) is 0 Å². The maximum atomic E-state index is 12.8. The van der Waals surface area contributed by atoms with Crippen LogP contribution in [0.15, 0.2) is 24.3 Å². The zero-order valence-corrected chi connectivity index (χ0v) is 16.3. The summed E-state index contributed by atoms with van der Waals surface area (Å²) in [6.45, 7) is 0.608. The SMILES string of the molecule is COc1cccc(C(CNC(=O)C2CC3CCCC(C2)C3N)N(C)C)c1. The van der Waals surface area contributed by atoms with Gasteiger partial charge in [0.05, 0.1) is 13.2 Å². The van der Waals surface area contributed by atoms with Crippen molar-refractivity contribution in [1.29, 1.82) is 0 Å². The summed E-state index contributed by atoms with van der Waals surface area (Å²) in [5.74, 6) is 2.22. The number of fused-ring (bicyclic) bond motifs is 2. The van der Waals surface area contributed by atoms with Gasteiger partial charge in [-0.3, -0.25) is 4.79 Å². The number of carbonyl (C=O) groups excluding carboxylic acids is 1. The van der Waals surface area contributed by atoms with E-state index in [1.54, 1.807) is 7.11 Å². The van der Waals surface area contributed by atoms with Crippen molar-refractivity contribution in [2.45, 2.75) is 44.2 Å². The van der Waals surface area contributed by atoms with Crippen molar-refractivity contribution < 1.29 is 9.53 Å². The molecule has 1 aromatic carbocycles. The molecule has 5 nitrogen and oxygen atoms in total. The molecule has 3 rings (SSSR count). The molecule has 2 aliphatic rings. The number of hydrogen-bond acceptors (Lipinski definition) is 4. The van der Waals surface area contributed by atoms with E-state index >= 15 is 0 Å². The fraction of sp³-hybridized carbons (Fsp3) is 0.667. The largest absolute Gasteiger partial charge is 0.497 e. The minimum absolute atomic E-state index is 0.123. The zero-order valence-electron chi connectivity index (χ0n) is 16.3. The second kappa shape index (κ2) is 8.40. The van der Waals surface area contributed by atoms with Crippen LogP contribution in [-0.2, 0) is 4.79 Å². The summed E-state index contributed by atoms with van der Waals surface area (Å²) in [7, 11) is 5.76. The number of methoxy groups -OCH3 is 1. The Labute approximate surface area is 157 Å². The smallest absolute Gasteiger partial charge is 0.223 e. The molecule has 3 unspecified atom stereocenters. The average Bonchev–Trinajstić information content (AvgIpc) is 2.61. The summed E-state index contributed by atoms with van der Waals surface area (Å²) in [5, 5.41) is 3.21. The summed E-state index contributed by atoms with van der Waals surface area (Å²) in [6.07, 6.45) is 5.55. The van der Waals surface area contributed by atoms with Crippen LogP contribution in [0, 0.1) is 17.8 Å². The van der Waals surface area contributed by atoms with Crippen LogP contribution in [0.25, 0.3) is 0 Å². The first-order valence-electron chi connectivity index (χ1n) is 9.83. The molecule has 0 saturated heterocycles. The van der Waals surface area contributed by atoms with Crippen molar-refractivity contribution in [3.8, 4) is 5.75 Å². The molecule has 2 bridgehead atoms.